The molecule has 2 aromatic rings. The summed E-state index contributed by atoms with van der Waals surface area (Å²) in [4.78, 5) is 11.5. The second-order valence-electron chi connectivity index (χ2n) is 3.95. The first-order chi connectivity index (χ1) is 8.56. The summed E-state index contributed by atoms with van der Waals surface area (Å²) in [5.74, 6) is 0. The number of nitro benzene ring substituents is 1. The highest BCUT2D eigenvalue weighted by atomic mass is 32.1. The van der Waals surface area contributed by atoms with Crippen LogP contribution < -0.4 is 11.1 Å². The van der Waals surface area contributed by atoms with Crippen molar-refractivity contribution < 1.29 is 4.92 Å². The maximum Gasteiger partial charge on any atom is 0.273 e. The van der Waals surface area contributed by atoms with E-state index in [2.05, 4.69) is 5.32 Å². The van der Waals surface area contributed by atoms with Crippen LogP contribution in [0.3, 0.4) is 0 Å². The summed E-state index contributed by atoms with van der Waals surface area (Å²) in [6.07, 6.45) is 0. The Morgan fingerprint density at radius 1 is 1.44 bits per heavy atom. The van der Waals surface area contributed by atoms with Crippen LogP contribution in [-0.4, -0.2) is 4.92 Å². The van der Waals surface area contributed by atoms with Crippen molar-refractivity contribution in [3.63, 3.8) is 0 Å². The molecule has 5 nitrogen and oxygen atoms in total. The molecule has 1 atom stereocenters. The average molecular weight is 263 g/mol. The molecule has 0 saturated heterocycles. The van der Waals surface area contributed by atoms with Crippen molar-refractivity contribution in [1.29, 1.82) is 0 Å². The zero-order valence-electron chi connectivity index (χ0n) is 9.79. The summed E-state index contributed by atoms with van der Waals surface area (Å²) in [5.41, 5.74) is 6.68. The lowest BCUT2D eigenvalue weighted by Gasteiger charge is -2.13. The molecule has 0 radical (unpaired) electrons. The van der Waals surface area contributed by atoms with Crippen molar-refractivity contribution in [1.82, 2.24) is 0 Å². The SMILES string of the molecule is CC(Nc1cc(N)cc([N+](=O)[O-])c1)c1cccs1. The van der Waals surface area contributed by atoms with Gasteiger partial charge in [0.25, 0.3) is 5.69 Å². The number of hydrogen-bond acceptors (Lipinski definition) is 5. The third kappa shape index (κ3) is 2.78. The zero-order chi connectivity index (χ0) is 13.1. The van der Waals surface area contributed by atoms with Gasteiger partial charge in [-0.05, 0) is 24.4 Å². The first-order valence-corrected chi connectivity index (χ1v) is 6.29. The molecule has 1 aromatic heterocycles. The molecule has 0 aliphatic rings. The van der Waals surface area contributed by atoms with Gasteiger partial charge in [0.2, 0.25) is 0 Å². The van der Waals surface area contributed by atoms with Gasteiger partial charge in [-0.25, -0.2) is 0 Å². The van der Waals surface area contributed by atoms with Gasteiger partial charge in [-0.3, -0.25) is 10.1 Å². The van der Waals surface area contributed by atoms with E-state index in [1.165, 1.54) is 17.0 Å². The number of thiophene rings is 1. The van der Waals surface area contributed by atoms with E-state index in [0.29, 0.717) is 11.4 Å². The Bertz CT molecular complexity index is 554. The number of benzene rings is 1. The van der Waals surface area contributed by atoms with E-state index in [1.807, 2.05) is 24.4 Å². The summed E-state index contributed by atoms with van der Waals surface area (Å²) < 4.78 is 0. The monoisotopic (exact) mass is 263 g/mol. The Hall–Kier alpha value is -2.08. The Morgan fingerprint density at radius 3 is 2.83 bits per heavy atom. The number of anilines is 2. The fraction of sp³-hybridized carbons (Fsp3) is 0.167. The summed E-state index contributed by atoms with van der Waals surface area (Å²) >= 11 is 1.64. The summed E-state index contributed by atoms with van der Waals surface area (Å²) in [7, 11) is 0. The minimum atomic E-state index is -0.447. The van der Waals surface area contributed by atoms with E-state index in [-0.39, 0.29) is 11.7 Å². The Morgan fingerprint density at radius 2 is 2.22 bits per heavy atom. The van der Waals surface area contributed by atoms with Gasteiger partial charge in [0.05, 0.1) is 11.0 Å². The normalized spacial score (nSPS) is 12.1. The van der Waals surface area contributed by atoms with E-state index in [1.54, 1.807) is 17.4 Å². The molecule has 18 heavy (non-hydrogen) atoms. The van der Waals surface area contributed by atoms with Crippen LogP contribution in [0.25, 0.3) is 0 Å². The van der Waals surface area contributed by atoms with Crippen molar-refractivity contribution in [2.24, 2.45) is 0 Å². The third-order valence-corrected chi connectivity index (χ3v) is 3.56. The van der Waals surface area contributed by atoms with Crippen molar-refractivity contribution in [3.8, 4) is 0 Å². The van der Waals surface area contributed by atoms with Crippen molar-refractivity contribution in [3.05, 3.63) is 50.7 Å². The molecule has 3 N–H and O–H groups in total. The molecule has 0 amide bonds. The number of nitrogens with one attached hydrogen (secondary N) is 1. The van der Waals surface area contributed by atoms with Crippen molar-refractivity contribution in [2.45, 2.75) is 13.0 Å². The van der Waals surface area contributed by atoms with Crippen LogP contribution in [0, 0.1) is 10.1 Å². The van der Waals surface area contributed by atoms with Crippen molar-refractivity contribution >= 4 is 28.4 Å². The van der Waals surface area contributed by atoms with Gasteiger partial charge in [0.1, 0.15) is 0 Å². The molecule has 1 aromatic carbocycles. The number of non-ortho nitro benzene ring substituents is 1. The molecule has 6 heteroatoms. The van der Waals surface area contributed by atoms with Gasteiger partial charge in [0.15, 0.2) is 0 Å². The van der Waals surface area contributed by atoms with Crippen LogP contribution >= 0.6 is 11.3 Å². The molecule has 0 aliphatic carbocycles. The van der Waals surface area contributed by atoms with E-state index in [9.17, 15) is 10.1 Å². The molecule has 1 heterocycles. The standard InChI is InChI=1S/C12H13N3O2S/c1-8(12-3-2-4-18-12)14-10-5-9(13)6-11(7-10)15(16)17/h2-8,14H,13H2,1H3. The fourth-order valence-corrected chi connectivity index (χ4v) is 2.42. The third-order valence-electron chi connectivity index (χ3n) is 2.50. The number of nitro groups is 1. The lowest BCUT2D eigenvalue weighted by Crippen LogP contribution is -2.05. The highest BCUT2D eigenvalue weighted by molar-refractivity contribution is 7.10. The van der Waals surface area contributed by atoms with Crippen LogP contribution in [0.1, 0.15) is 17.8 Å². The quantitative estimate of drug-likeness (QED) is 0.503. The van der Waals surface area contributed by atoms with Gasteiger partial charge in [-0.2, -0.15) is 0 Å². The maximum atomic E-state index is 10.7. The van der Waals surface area contributed by atoms with Crippen molar-refractivity contribution in [2.75, 3.05) is 11.1 Å². The minimum Gasteiger partial charge on any atom is -0.398 e. The number of nitrogens with zero attached hydrogens (tertiary/aromatic N) is 1. The van der Waals surface area contributed by atoms with Gasteiger partial charge in [0, 0.05) is 28.4 Å². The molecule has 0 saturated carbocycles. The lowest BCUT2D eigenvalue weighted by molar-refractivity contribution is -0.384. The Labute approximate surface area is 108 Å². The highest BCUT2D eigenvalue weighted by Crippen LogP contribution is 2.27. The number of nitrogens with two attached hydrogens (primary N) is 1. The minimum absolute atomic E-state index is 0.00382. The Kier molecular flexibility index (Phi) is 3.47. The van der Waals surface area contributed by atoms with E-state index < -0.39 is 4.92 Å². The van der Waals surface area contributed by atoms with Crippen LogP contribution in [0.15, 0.2) is 35.7 Å². The van der Waals surface area contributed by atoms with E-state index in [0.717, 1.165) is 0 Å². The first kappa shape index (κ1) is 12.4. The van der Waals surface area contributed by atoms with Crippen LogP contribution in [-0.2, 0) is 0 Å². The Balaban J connectivity index is 2.21. The van der Waals surface area contributed by atoms with Crippen LogP contribution in [0.4, 0.5) is 17.1 Å². The van der Waals surface area contributed by atoms with Gasteiger partial charge >= 0.3 is 0 Å². The molecule has 0 fully saturated rings. The lowest BCUT2D eigenvalue weighted by atomic mass is 10.2. The molecule has 0 bridgehead atoms. The molecular weight excluding hydrogens is 250 g/mol. The zero-order valence-corrected chi connectivity index (χ0v) is 10.6. The molecule has 94 valence electrons. The fourth-order valence-electron chi connectivity index (χ4n) is 1.68. The maximum absolute atomic E-state index is 10.7. The summed E-state index contributed by atoms with van der Waals surface area (Å²) in [5, 5.41) is 15.9. The number of rotatable bonds is 4. The second-order valence-corrected chi connectivity index (χ2v) is 4.93. The topological polar surface area (TPSA) is 81.2 Å². The molecule has 2 rings (SSSR count). The van der Waals surface area contributed by atoms with Gasteiger partial charge in [-0.1, -0.05) is 6.07 Å². The largest absolute Gasteiger partial charge is 0.398 e. The van der Waals surface area contributed by atoms with Crippen LogP contribution in [0.5, 0.6) is 0 Å². The van der Waals surface area contributed by atoms with E-state index >= 15 is 0 Å². The average Bonchev–Trinajstić information content (AvgIpc) is 2.81. The predicted octanol–water partition coefficient (Wildman–Crippen LogP) is 3.41. The molecular formula is C12H13N3O2S. The molecule has 0 spiro atoms. The van der Waals surface area contributed by atoms with E-state index in [4.69, 9.17) is 5.73 Å². The van der Waals surface area contributed by atoms with Gasteiger partial charge in [-0.15, -0.1) is 11.3 Å². The van der Waals surface area contributed by atoms with Gasteiger partial charge < -0.3 is 11.1 Å². The van der Waals surface area contributed by atoms with Crippen LogP contribution in [0.2, 0.25) is 0 Å². The smallest absolute Gasteiger partial charge is 0.273 e. The highest BCUT2D eigenvalue weighted by Gasteiger charge is 2.11. The second kappa shape index (κ2) is 5.05. The number of nitrogen functional groups attached to an aromatic ring is 1. The predicted molar refractivity (Wildman–Crippen MR) is 73.9 cm³/mol. The summed E-state index contributed by atoms with van der Waals surface area (Å²) in [6, 6.07) is 8.60. The first-order valence-electron chi connectivity index (χ1n) is 5.41. The number of hydrogen-bond donors (Lipinski definition) is 2. The summed E-state index contributed by atoms with van der Waals surface area (Å²) in [6.45, 7) is 2.00. The molecule has 1 unspecified atom stereocenters. The molecule has 0 aliphatic heterocycles.